The van der Waals surface area contributed by atoms with Gasteiger partial charge in [-0.15, -0.1) is 0 Å². The zero-order valence-electron chi connectivity index (χ0n) is 9.26. The molecule has 0 unspecified atom stereocenters. The summed E-state index contributed by atoms with van der Waals surface area (Å²) in [6, 6.07) is 6.94. The first-order valence-corrected chi connectivity index (χ1v) is 5.70. The van der Waals surface area contributed by atoms with E-state index >= 15 is 0 Å². The molecule has 1 heterocycles. The molecule has 1 aromatic carbocycles. The minimum absolute atomic E-state index is 0.669. The van der Waals surface area contributed by atoms with Crippen LogP contribution in [0.5, 0.6) is 0 Å². The van der Waals surface area contributed by atoms with Crippen molar-refractivity contribution in [2.75, 3.05) is 20.1 Å². The van der Waals surface area contributed by atoms with Gasteiger partial charge >= 0.3 is 0 Å². The molecule has 15 heavy (non-hydrogen) atoms. The first-order valence-electron chi connectivity index (χ1n) is 5.33. The van der Waals surface area contributed by atoms with Crippen LogP contribution in [0.3, 0.4) is 0 Å². The molecule has 0 aromatic heterocycles. The summed E-state index contributed by atoms with van der Waals surface area (Å²) in [6.45, 7) is 5.20. The van der Waals surface area contributed by atoms with Crippen molar-refractivity contribution in [1.29, 1.82) is 0 Å². The normalized spacial score (nSPS) is 16.8. The fourth-order valence-corrected chi connectivity index (χ4v) is 2.06. The standard InChI is InChI=1S/C12H17ClN2/c1-9-3-4-10(12(13)5-9)8-15(2)11-6-14-7-11/h3-5,11,14H,6-8H2,1-2H3. The molecular formula is C12H17ClN2. The van der Waals surface area contributed by atoms with Crippen LogP contribution in [0.25, 0.3) is 0 Å². The highest BCUT2D eigenvalue weighted by Crippen LogP contribution is 2.20. The molecule has 82 valence electrons. The first kappa shape index (κ1) is 10.9. The van der Waals surface area contributed by atoms with Crippen LogP contribution in [0.15, 0.2) is 18.2 Å². The highest BCUT2D eigenvalue weighted by Gasteiger charge is 2.21. The Labute approximate surface area is 96.2 Å². The predicted octanol–water partition coefficient (Wildman–Crippen LogP) is 2.05. The Morgan fingerprint density at radius 1 is 1.47 bits per heavy atom. The summed E-state index contributed by atoms with van der Waals surface area (Å²) in [4.78, 5) is 2.35. The van der Waals surface area contributed by atoms with E-state index in [-0.39, 0.29) is 0 Å². The van der Waals surface area contributed by atoms with Crippen molar-refractivity contribution in [1.82, 2.24) is 10.2 Å². The molecule has 1 aromatic rings. The second-order valence-corrected chi connectivity index (χ2v) is 4.73. The summed E-state index contributed by atoms with van der Waals surface area (Å²) < 4.78 is 0. The van der Waals surface area contributed by atoms with Gasteiger partial charge in [-0.2, -0.15) is 0 Å². The number of halogens is 1. The van der Waals surface area contributed by atoms with E-state index in [1.807, 2.05) is 6.07 Å². The topological polar surface area (TPSA) is 15.3 Å². The molecule has 3 heteroatoms. The number of nitrogens with zero attached hydrogens (tertiary/aromatic N) is 1. The van der Waals surface area contributed by atoms with E-state index in [0.717, 1.165) is 24.7 Å². The summed E-state index contributed by atoms with van der Waals surface area (Å²) in [5, 5.41) is 4.16. The maximum Gasteiger partial charge on any atom is 0.0453 e. The van der Waals surface area contributed by atoms with Crippen LogP contribution in [0.4, 0.5) is 0 Å². The summed E-state index contributed by atoms with van der Waals surface area (Å²) in [7, 11) is 2.15. The smallest absolute Gasteiger partial charge is 0.0453 e. The van der Waals surface area contributed by atoms with Crippen LogP contribution >= 0.6 is 11.6 Å². The third-order valence-electron chi connectivity index (χ3n) is 3.01. The van der Waals surface area contributed by atoms with E-state index in [2.05, 4.69) is 36.3 Å². The van der Waals surface area contributed by atoms with Crippen molar-refractivity contribution in [3.05, 3.63) is 34.3 Å². The van der Waals surface area contributed by atoms with E-state index in [1.165, 1.54) is 11.1 Å². The van der Waals surface area contributed by atoms with Gasteiger partial charge in [0.05, 0.1) is 0 Å². The van der Waals surface area contributed by atoms with Crippen LogP contribution in [-0.2, 0) is 6.54 Å². The second kappa shape index (κ2) is 4.52. The molecule has 1 aliphatic heterocycles. The van der Waals surface area contributed by atoms with Crippen LogP contribution in [0, 0.1) is 6.92 Å². The van der Waals surface area contributed by atoms with Crippen molar-refractivity contribution in [3.63, 3.8) is 0 Å². The third-order valence-corrected chi connectivity index (χ3v) is 3.36. The number of hydrogen-bond donors (Lipinski definition) is 1. The fraction of sp³-hybridized carbons (Fsp3) is 0.500. The number of benzene rings is 1. The van der Waals surface area contributed by atoms with E-state index in [0.29, 0.717) is 6.04 Å². The quantitative estimate of drug-likeness (QED) is 0.846. The Kier molecular flexibility index (Phi) is 3.29. The highest BCUT2D eigenvalue weighted by molar-refractivity contribution is 6.31. The predicted molar refractivity (Wildman–Crippen MR) is 64.3 cm³/mol. The fourth-order valence-electron chi connectivity index (χ4n) is 1.76. The first-order chi connectivity index (χ1) is 7.16. The van der Waals surface area contributed by atoms with Crippen molar-refractivity contribution < 1.29 is 0 Å². The van der Waals surface area contributed by atoms with Crippen molar-refractivity contribution in [2.45, 2.75) is 19.5 Å². The van der Waals surface area contributed by atoms with Gasteiger partial charge in [-0.3, -0.25) is 4.90 Å². The lowest BCUT2D eigenvalue weighted by Crippen LogP contribution is -2.55. The molecule has 0 radical (unpaired) electrons. The van der Waals surface area contributed by atoms with Gasteiger partial charge in [-0.25, -0.2) is 0 Å². The van der Waals surface area contributed by atoms with E-state index < -0.39 is 0 Å². The molecule has 1 aliphatic rings. The monoisotopic (exact) mass is 224 g/mol. The highest BCUT2D eigenvalue weighted by atomic mass is 35.5. The number of likely N-dealkylation sites (N-methyl/N-ethyl adjacent to an activating group) is 1. The minimum Gasteiger partial charge on any atom is -0.314 e. The molecule has 0 atom stereocenters. The van der Waals surface area contributed by atoms with E-state index in [1.54, 1.807) is 0 Å². The lowest BCUT2D eigenvalue weighted by Gasteiger charge is -2.35. The Balaban J connectivity index is 2.03. The number of aryl methyl sites for hydroxylation is 1. The summed E-state index contributed by atoms with van der Waals surface area (Å²) >= 11 is 6.20. The summed E-state index contributed by atoms with van der Waals surface area (Å²) in [5.41, 5.74) is 2.44. The van der Waals surface area contributed by atoms with Crippen LogP contribution in [0.1, 0.15) is 11.1 Å². The molecule has 0 aliphatic carbocycles. The van der Waals surface area contributed by atoms with Gasteiger partial charge in [0.15, 0.2) is 0 Å². The Bertz CT molecular complexity index is 347. The molecule has 0 amide bonds. The molecule has 1 fully saturated rings. The molecular weight excluding hydrogens is 208 g/mol. The molecule has 0 saturated carbocycles. The molecule has 0 spiro atoms. The molecule has 2 nitrogen and oxygen atoms in total. The van der Waals surface area contributed by atoms with E-state index in [4.69, 9.17) is 11.6 Å². The van der Waals surface area contributed by atoms with E-state index in [9.17, 15) is 0 Å². The van der Waals surface area contributed by atoms with Gasteiger partial charge in [0.1, 0.15) is 0 Å². The molecule has 1 saturated heterocycles. The van der Waals surface area contributed by atoms with Gasteiger partial charge in [0, 0.05) is 30.7 Å². The van der Waals surface area contributed by atoms with Gasteiger partial charge in [-0.1, -0.05) is 23.7 Å². The second-order valence-electron chi connectivity index (χ2n) is 4.32. The number of nitrogens with one attached hydrogen (secondary N) is 1. The Hall–Kier alpha value is -0.570. The van der Waals surface area contributed by atoms with Crippen molar-refractivity contribution in [2.24, 2.45) is 0 Å². The maximum atomic E-state index is 6.20. The van der Waals surface area contributed by atoms with Crippen molar-refractivity contribution in [3.8, 4) is 0 Å². The zero-order valence-corrected chi connectivity index (χ0v) is 10.0. The minimum atomic E-state index is 0.669. The molecule has 0 bridgehead atoms. The third kappa shape index (κ3) is 2.51. The average Bonchev–Trinajstić information content (AvgIpc) is 2.07. The maximum absolute atomic E-state index is 6.20. The van der Waals surface area contributed by atoms with Crippen LogP contribution in [-0.4, -0.2) is 31.1 Å². The lowest BCUT2D eigenvalue weighted by atomic mass is 10.1. The largest absolute Gasteiger partial charge is 0.314 e. The van der Waals surface area contributed by atoms with Crippen LogP contribution < -0.4 is 5.32 Å². The number of rotatable bonds is 3. The lowest BCUT2D eigenvalue weighted by molar-refractivity contribution is 0.173. The summed E-state index contributed by atoms with van der Waals surface area (Å²) in [5.74, 6) is 0. The summed E-state index contributed by atoms with van der Waals surface area (Å²) in [6.07, 6.45) is 0. The van der Waals surface area contributed by atoms with Gasteiger partial charge in [0.25, 0.3) is 0 Å². The van der Waals surface area contributed by atoms with Gasteiger partial charge in [-0.05, 0) is 31.2 Å². The average molecular weight is 225 g/mol. The number of hydrogen-bond acceptors (Lipinski definition) is 2. The van der Waals surface area contributed by atoms with Gasteiger partial charge in [0.2, 0.25) is 0 Å². The Morgan fingerprint density at radius 3 is 2.73 bits per heavy atom. The van der Waals surface area contributed by atoms with Gasteiger partial charge < -0.3 is 5.32 Å². The Morgan fingerprint density at radius 2 is 2.20 bits per heavy atom. The van der Waals surface area contributed by atoms with Crippen molar-refractivity contribution >= 4 is 11.6 Å². The SMILES string of the molecule is Cc1ccc(CN(C)C2CNC2)c(Cl)c1. The molecule has 2 rings (SSSR count). The zero-order chi connectivity index (χ0) is 10.8. The molecule has 1 N–H and O–H groups in total. The van der Waals surface area contributed by atoms with Crippen LogP contribution in [0.2, 0.25) is 5.02 Å².